The van der Waals surface area contributed by atoms with Crippen molar-refractivity contribution >= 4 is 23.1 Å². The molecule has 1 fully saturated rings. The number of thiophene rings is 1. The number of aromatic amines is 1. The van der Waals surface area contributed by atoms with Crippen molar-refractivity contribution in [3.05, 3.63) is 44.9 Å². The Labute approximate surface area is 132 Å². The van der Waals surface area contributed by atoms with Crippen LogP contribution < -0.4 is 5.56 Å². The van der Waals surface area contributed by atoms with E-state index >= 15 is 0 Å². The van der Waals surface area contributed by atoms with Gasteiger partial charge in [-0.15, -0.1) is 11.3 Å². The highest BCUT2D eigenvalue weighted by molar-refractivity contribution is 7.10. The van der Waals surface area contributed by atoms with Gasteiger partial charge in [-0.1, -0.05) is 13.0 Å². The molecule has 1 atom stereocenters. The van der Waals surface area contributed by atoms with E-state index < -0.39 is 0 Å². The number of carbonyl (C=O) groups is 1. The van der Waals surface area contributed by atoms with E-state index in [-0.39, 0.29) is 16.9 Å². The highest BCUT2D eigenvalue weighted by Crippen LogP contribution is 2.40. The summed E-state index contributed by atoms with van der Waals surface area (Å²) >= 11 is 1.57. The zero-order valence-electron chi connectivity index (χ0n) is 12.5. The van der Waals surface area contributed by atoms with Crippen molar-refractivity contribution in [3.63, 3.8) is 0 Å². The number of pyridine rings is 1. The van der Waals surface area contributed by atoms with Gasteiger partial charge in [-0.2, -0.15) is 0 Å². The summed E-state index contributed by atoms with van der Waals surface area (Å²) in [5.41, 5.74) is 1.23. The molecule has 0 aliphatic carbocycles. The van der Waals surface area contributed by atoms with E-state index in [0.29, 0.717) is 18.7 Å². The second-order valence-corrected chi connectivity index (χ2v) is 6.85. The molecule has 6 heteroatoms. The Morgan fingerprint density at radius 3 is 2.77 bits per heavy atom. The maximum absolute atomic E-state index is 12.1. The van der Waals surface area contributed by atoms with Crippen LogP contribution in [0.3, 0.4) is 0 Å². The molecule has 1 aliphatic rings. The van der Waals surface area contributed by atoms with Gasteiger partial charge in [0.15, 0.2) is 0 Å². The summed E-state index contributed by atoms with van der Waals surface area (Å²) in [4.78, 5) is 28.8. The predicted octanol–water partition coefficient (Wildman–Crippen LogP) is 2.59. The molecule has 114 valence electrons. The maximum Gasteiger partial charge on any atom is 0.248 e. The van der Waals surface area contributed by atoms with E-state index in [1.165, 1.54) is 11.0 Å². The molecule has 0 bridgehead atoms. The first-order valence-corrected chi connectivity index (χ1v) is 7.90. The van der Waals surface area contributed by atoms with Crippen LogP contribution in [0.2, 0.25) is 0 Å². The van der Waals surface area contributed by atoms with Crippen molar-refractivity contribution in [1.29, 1.82) is 5.41 Å². The van der Waals surface area contributed by atoms with Crippen molar-refractivity contribution in [3.8, 4) is 11.3 Å². The largest absolute Gasteiger partial charge is 0.322 e. The van der Waals surface area contributed by atoms with E-state index in [2.05, 4.69) is 4.98 Å². The van der Waals surface area contributed by atoms with Crippen LogP contribution in [0.25, 0.3) is 11.3 Å². The maximum atomic E-state index is 12.1. The van der Waals surface area contributed by atoms with Crippen molar-refractivity contribution in [2.24, 2.45) is 0 Å². The number of hydrogen-bond donors (Lipinski definition) is 2. The predicted molar refractivity (Wildman–Crippen MR) is 87.5 cm³/mol. The number of nitrogens with zero attached hydrogens (tertiary/aromatic N) is 1. The molecular weight excluding hydrogens is 298 g/mol. The fourth-order valence-electron chi connectivity index (χ4n) is 2.74. The molecule has 1 amide bonds. The summed E-state index contributed by atoms with van der Waals surface area (Å²) in [7, 11) is 1.65. The molecule has 0 unspecified atom stereocenters. The van der Waals surface area contributed by atoms with Crippen LogP contribution in [-0.4, -0.2) is 28.7 Å². The average Bonchev–Trinajstić information content (AvgIpc) is 2.95. The summed E-state index contributed by atoms with van der Waals surface area (Å²) in [5.74, 6) is 0.323. The lowest BCUT2D eigenvalue weighted by Crippen LogP contribution is -2.46. The standard InChI is InChI=1S/C16H17N3O2S/c1-16(7-13(17)19(2)15(21)8-16)12-6-10(9-22-12)11-4-3-5-14(20)18-11/h3-6,9,17H,7-8H2,1-2H3,(H,18,20)/t16-/m0/s1. The van der Waals surface area contributed by atoms with E-state index in [0.717, 1.165) is 16.1 Å². The Bertz CT molecular complexity index is 787. The van der Waals surface area contributed by atoms with Crippen molar-refractivity contribution in [2.45, 2.75) is 25.2 Å². The van der Waals surface area contributed by atoms with E-state index in [9.17, 15) is 9.59 Å². The summed E-state index contributed by atoms with van der Waals surface area (Å²) in [6.45, 7) is 2.02. The summed E-state index contributed by atoms with van der Waals surface area (Å²) in [5, 5.41) is 9.98. The summed E-state index contributed by atoms with van der Waals surface area (Å²) in [6.07, 6.45) is 0.942. The Balaban J connectivity index is 1.95. The fraction of sp³-hybridized carbons (Fsp3) is 0.312. The molecule has 2 N–H and O–H groups in total. The third-order valence-corrected chi connectivity index (χ3v) is 5.39. The minimum atomic E-state index is -0.349. The Kier molecular flexibility index (Phi) is 3.48. The Morgan fingerprint density at radius 2 is 2.09 bits per heavy atom. The molecule has 2 aromatic heterocycles. The van der Waals surface area contributed by atoms with Crippen molar-refractivity contribution in [1.82, 2.24) is 9.88 Å². The first kappa shape index (κ1) is 14.7. The first-order chi connectivity index (χ1) is 10.4. The molecule has 22 heavy (non-hydrogen) atoms. The Hall–Kier alpha value is -2.21. The lowest BCUT2D eigenvalue weighted by Gasteiger charge is -2.36. The van der Waals surface area contributed by atoms with Crippen molar-refractivity contribution in [2.75, 3.05) is 7.05 Å². The number of amidine groups is 1. The van der Waals surface area contributed by atoms with Crippen LogP contribution in [-0.2, 0) is 10.2 Å². The van der Waals surface area contributed by atoms with Crippen LogP contribution in [0, 0.1) is 5.41 Å². The molecule has 0 radical (unpaired) electrons. The van der Waals surface area contributed by atoms with Gasteiger partial charge in [0, 0.05) is 52.9 Å². The zero-order chi connectivity index (χ0) is 15.9. The van der Waals surface area contributed by atoms with Crippen molar-refractivity contribution < 1.29 is 4.79 Å². The fourth-order valence-corrected chi connectivity index (χ4v) is 3.81. The lowest BCUT2D eigenvalue weighted by atomic mass is 9.78. The molecule has 3 rings (SSSR count). The molecule has 0 saturated carbocycles. The second-order valence-electron chi connectivity index (χ2n) is 5.94. The van der Waals surface area contributed by atoms with Gasteiger partial charge in [-0.05, 0) is 12.1 Å². The average molecular weight is 315 g/mol. The van der Waals surface area contributed by atoms with Gasteiger partial charge >= 0.3 is 0 Å². The van der Waals surface area contributed by atoms with Gasteiger partial charge in [0.1, 0.15) is 5.84 Å². The number of carbonyl (C=O) groups excluding carboxylic acids is 1. The highest BCUT2D eigenvalue weighted by atomic mass is 32.1. The van der Waals surface area contributed by atoms with Crippen LogP contribution in [0.4, 0.5) is 0 Å². The molecule has 3 heterocycles. The molecule has 5 nitrogen and oxygen atoms in total. The van der Waals surface area contributed by atoms with Crippen LogP contribution >= 0.6 is 11.3 Å². The SMILES string of the molecule is CN1C(=N)C[C@](C)(c2cc(-c3cccc(=O)[nH]3)cs2)CC1=O. The number of aromatic nitrogens is 1. The molecule has 1 saturated heterocycles. The van der Waals surface area contributed by atoms with Gasteiger partial charge in [-0.3, -0.25) is 15.0 Å². The quantitative estimate of drug-likeness (QED) is 0.893. The Morgan fingerprint density at radius 1 is 1.32 bits per heavy atom. The normalized spacial score (nSPS) is 22.2. The number of H-pyrrole nitrogens is 1. The van der Waals surface area contributed by atoms with Crippen LogP contribution in [0.15, 0.2) is 34.4 Å². The second kappa shape index (κ2) is 5.21. The monoisotopic (exact) mass is 315 g/mol. The molecular formula is C16H17N3O2S. The number of likely N-dealkylation sites (tertiary alicyclic amines) is 1. The first-order valence-electron chi connectivity index (χ1n) is 7.02. The van der Waals surface area contributed by atoms with Gasteiger partial charge in [-0.25, -0.2) is 0 Å². The molecule has 2 aromatic rings. The minimum absolute atomic E-state index is 0.0261. The topological polar surface area (TPSA) is 77.0 Å². The van der Waals surface area contributed by atoms with Gasteiger partial charge in [0.05, 0.1) is 0 Å². The van der Waals surface area contributed by atoms with Crippen LogP contribution in [0.5, 0.6) is 0 Å². The minimum Gasteiger partial charge on any atom is -0.322 e. The van der Waals surface area contributed by atoms with E-state index in [1.807, 2.05) is 24.4 Å². The number of amides is 1. The summed E-state index contributed by atoms with van der Waals surface area (Å²) in [6, 6.07) is 7.08. The zero-order valence-corrected chi connectivity index (χ0v) is 13.3. The molecule has 0 aromatic carbocycles. The number of nitrogens with one attached hydrogen (secondary N) is 2. The van der Waals surface area contributed by atoms with Gasteiger partial charge < -0.3 is 9.88 Å². The summed E-state index contributed by atoms with van der Waals surface area (Å²) < 4.78 is 0. The highest BCUT2D eigenvalue weighted by Gasteiger charge is 2.39. The molecule has 1 aliphatic heterocycles. The number of rotatable bonds is 2. The van der Waals surface area contributed by atoms with E-state index in [4.69, 9.17) is 5.41 Å². The van der Waals surface area contributed by atoms with E-state index in [1.54, 1.807) is 24.5 Å². The van der Waals surface area contributed by atoms with Crippen LogP contribution in [0.1, 0.15) is 24.6 Å². The number of piperidine rings is 1. The molecule has 0 spiro atoms. The third kappa shape index (κ3) is 2.50. The van der Waals surface area contributed by atoms with Gasteiger partial charge in [0.25, 0.3) is 0 Å². The lowest BCUT2D eigenvalue weighted by molar-refractivity contribution is -0.128. The third-order valence-electron chi connectivity index (χ3n) is 4.15. The van der Waals surface area contributed by atoms with Gasteiger partial charge in [0.2, 0.25) is 11.5 Å². The smallest absolute Gasteiger partial charge is 0.248 e. The number of hydrogen-bond acceptors (Lipinski definition) is 4.